The highest BCUT2D eigenvalue weighted by molar-refractivity contribution is 6.30. The van der Waals surface area contributed by atoms with E-state index >= 15 is 0 Å². The number of imide groups is 1. The maximum atomic E-state index is 12.5. The number of ether oxygens (including phenoxy) is 1. The van der Waals surface area contributed by atoms with Gasteiger partial charge in [0.05, 0.1) is 0 Å². The number of carbonyl (C=O) groups is 2. The van der Waals surface area contributed by atoms with E-state index < -0.39 is 11.7 Å². The molecule has 2 heterocycles. The van der Waals surface area contributed by atoms with E-state index in [4.69, 9.17) is 20.9 Å². The number of benzene rings is 1. The van der Waals surface area contributed by atoms with Crippen molar-refractivity contribution in [2.24, 2.45) is 0 Å². The highest BCUT2D eigenvalue weighted by Gasteiger charge is 2.55. The van der Waals surface area contributed by atoms with Gasteiger partial charge in [-0.1, -0.05) is 16.8 Å². The quantitative estimate of drug-likeness (QED) is 0.847. The Balaban J connectivity index is 1.53. The summed E-state index contributed by atoms with van der Waals surface area (Å²) in [5.74, 6) is 0.244. The summed E-state index contributed by atoms with van der Waals surface area (Å²) < 4.78 is 10.5. The van der Waals surface area contributed by atoms with Gasteiger partial charge in [-0.2, -0.15) is 4.98 Å². The summed E-state index contributed by atoms with van der Waals surface area (Å²) in [5, 5.41) is 4.48. The zero-order valence-electron chi connectivity index (χ0n) is 12.7. The molecule has 1 saturated carbocycles. The summed E-state index contributed by atoms with van der Waals surface area (Å²) in [6, 6.07) is 6.97. The minimum absolute atomic E-state index is 0.0833. The smallest absolute Gasteiger partial charge is 0.418 e. The van der Waals surface area contributed by atoms with Crippen LogP contribution < -0.4 is 0 Å². The topological polar surface area (TPSA) is 85.5 Å². The van der Waals surface area contributed by atoms with E-state index in [0.717, 1.165) is 23.3 Å². The number of hydrogen-bond donors (Lipinski definition) is 0. The van der Waals surface area contributed by atoms with Gasteiger partial charge in [-0.15, -0.1) is 0 Å². The lowest BCUT2D eigenvalue weighted by atomic mass is 10.0. The summed E-state index contributed by atoms with van der Waals surface area (Å²) in [6.07, 6.45) is 2.28. The number of nitrogens with zero attached hydrogens (tertiary/aromatic N) is 3. The average molecular weight is 348 g/mol. The molecule has 4 rings (SSSR count). The molecule has 1 aromatic heterocycles. The van der Waals surface area contributed by atoms with Gasteiger partial charge in [-0.25, -0.2) is 9.69 Å². The lowest BCUT2D eigenvalue weighted by molar-refractivity contribution is -0.137. The van der Waals surface area contributed by atoms with Gasteiger partial charge < -0.3 is 9.26 Å². The zero-order valence-corrected chi connectivity index (χ0v) is 13.5. The van der Waals surface area contributed by atoms with Crippen molar-refractivity contribution in [1.82, 2.24) is 15.0 Å². The van der Waals surface area contributed by atoms with E-state index in [9.17, 15) is 9.59 Å². The number of rotatable bonds is 3. The Kier molecular flexibility index (Phi) is 3.53. The first-order chi connectivity index (χ1) is 11.6. The summed E-state index contributed by atoms with van der Waals surface area (Å²) >= 11 is 5.85. The van der Waals surface area contributed by atoms with Crippen molar-refractivity contribution >= 4 is 23.6 Å². The largest absolute Gasteiger partial charge is 0.432 e. The summed E-state index contributed by atoms with van der Waals surface area (Å²) in [5.41, 5.74) is -0.243. The Morgan fingerprint density at radius 3 is 2.58 bits per heavy atom. The minimum atomic E-state index is -0.976. The first kappa shape index (κ1) is 15.1. The molecule has 2 amide bonds. The van der Waals surface area contributed by atoms with Crippen LogP contribution >= 0.6 is 11.6 Å². The molecule has 2 aromatic rings. The third kappa shape index (κ3) is 2.45. The molecule has 0 atom stereocenters. The van der Waals surface area contributed by atoms with E-state index in [1.807, 2.05) is 0 Å². The van der Waals surface area contributed by atoms with Crippen molar-refractivity contribution in [3.8, 4) is 11.4 Å². The molecule has 0 radical (unpaired) electrons. The van der Waals surface area contributed by atoms with E-state index in [-0.39, 0.29) is 18.3 Å². The van der Waals surface area contributed by atoms with Crippen LogP contribution in [0, 0.1) is 0 Å². The molecular formula is C16H14ClN3O4. The van der Waals surface area contributed by atoms with Crippen LogP contribution in [0.3, 0.4) is 0 Å². The van der Waals surface area contributed by atoms with E-state index in [1.165, 1.54) is 0 Å². The van der Waals surface area contributed by atoms with Crippen molar-refractivity contribution in [1.29, 1.82) is 0 Å². The third-order valence-corrected chi connectivity index (χ3v) is 4.67. The SMILES string of the molecule is O=C1OC2(CCCC2)C(=O)N1Cc1nc(-c2ccc(Cl)cc2)no1. The first-order valence-electron chi connectivity index (χ1n) is 7.71. The van der Waals surface area contributed by atoms with Crippen LogP contribution in [0.5, 0.6) is 0 Å². The zero-order chi connectivity index (χ0) is 16.7. The molecule has 7 nitrogen and oxygen atoms in total. The molecule has 124 valence electrons. The first-order valence-corrected chi connectivity index (χ1v) is 8.09. The van der Waals surface area contributed by atoms with Crippen LogP contribution in [-0.4, -0.2) is 32.6 Å². The molecular weight excluding hydrogens is 334 g/mol. The van der Waals surface area contributed by atoms with Crippen molar-refractivity contribution in [3.63, 3.8) is 0 Å². The Hall–Kier alpha value is -2.41. The van der Waals surface area contributed by atoms with Crippen LogP contribution in [0.1, 0.15) is 31.6 Å². The standard InChI is InChI=1S/C16H14ClN3O4/c17-11-5-3-10(4-6-11)13-18-12(24-19-13)9-20-14(21)16(23-15(20)22)7-1-2-8-16/h3-6H,1-2,7-9H2. The number of halogens is 1. The molecule has 1 aromatic carbocycles. The second-order valence-electron chi connectivity index (χ2n) is 5.98. The maximum Gasteiger partial charge on any atom is 0.418 e. The number of amides is 2. The van der Waals surface area contributed by atoms with E-state index in [1.54, 1.807) is 24.3 Å². The fourth-order valence-electron chi connectivity index (χ4n) is 3.16. The predicted molar refractivity (Wildman–Crippen MR) is 83.0 cm³/mol. The second-order valence-corrected chi connectivity index (χ2v) is 6.42. The van der Waals surface area contributed by atoms with Crippen LogP contribution in [0.2, 0.25) is 5.02 Å². The highest BCUT2D eigenvalue weighted by Crippen LogP contribution is 2.39. The molecule has 2 aliphatic rings. The van der Waals surface area contributed by atoms with Crippen LogP contribution in [0.25, 0.3) is 11.4 Å². The molecule has 24 heavy (non-hydrogen) atoms. The molecule has 1 saturated heterocycles. The number of hydrogen-bond acceptors (Lipinski definition) is 6. The van der Waals surface area contributed by atoms with E-state index in [2.05, 4.69) is 10.1 Å². The third-order valence-electron chi connectivity index (χ3n) is 4.41. The molecule has 8 heteroatoms. The van der Waals surface area contributed by atoms with Gasteiger partial charge in [0.15, 0.2) is 5.60 Å². The molecule has 0 N–H and O–H groups in total. The Morgan fingerprint density at radius 2 is 1.88 bits per heavy atom. The number of carbonyl (C=O) groups excluding carboxylic acids is 2. The lowest BCUT2D eigenvalue weighted by Crippen LogP contribution is -2.38. The summed E-state index contributed by atoms with van der Waals surface area (Å²) in [7, 11) is 0. The van der Waals surface area contributed by atoms with Gasteiger partial charge in [0.1, 0.15) is 6.54 Å². The van der Waals surface area contributed by atoms with Crippen LogP contribution in [0.15, 0.2) is 28.8 Å². The maximum absolute atomic E-state index is 12.5. The van der Waals surface area contributed by atoms with Crippen LogP contribution in [-0.2, 0) is 16.1 Å². The minimum Gasteiger partial charge on any atom is -0.432 e. The van der Waals surface area contributed by atoms with Gasteiger partial charge in [0.2, 0.25) is 11.7 Å². The van der Waals surface area contributed by atoms with E-state index in [0.29, 0.717) is 23.7 Å². The molecule has 0 bridgehead atoms. The lowest BCUT2D eigenvalue weighted by Gasteiger charge is -2.17. The van der Waals surface area contributed by atoms with Gasteiger partial charge in [0, 0.05) is 10.6 Å². The molecule has 1 aliphatic heterocycles. The normalized spacial score (nSPS) is 19.3. The molecule has 0 unspecified atom stereocenters. The number of aromatic nitrogens is 2. The second kappa shape index (κ2) is 5.59. The summed E-state index contributed by atoms with van der Waals surface area (Å²) in [4.78, 5) is 29.9. The van der Waals surface area contributed by atoms with Gasteiger partial charge in [-0.05, 0) is 49.9 Å². The van der Waals surface area contributed by atoms with Crippen molar-refractivity contribution < 1.29 is 18.8 Å². The monoisotopic (exact) mass is 347 g/mol. The predicted octanol–water partition coefficient (Wildman–Crippen LogP) is 3.18. The Labute approximate surface area is 142 Å². The average Bonchev–Trinajstić information content (AvgIpc) is 3.27. The molecule has 1 spiro atoms. The highest BCUT2D eigenvalue weighted by atomic mass is 35.5. The molecule has 2 fully saturated rings. The van der Waals surface area contributed by atoms with Crippen molar-refractivity contribution in [3.05, 3.63) is 35.2 Å². The van der Waals surface area contributed by atoms with Gasteiger partial charge in [-0.3, -0.25) is 4.79 Å². The van der Waals surface area contributed by atoms with Crippen LogP contribution in [0.4, 0.5) is 4.79 Å². The molecule has 1 aliphatic carbocycles. The summed E-state index contributed by atoms with van der Waals surface area (Å²) in [6.45, 7) is -0.0833. The Bertz CT molecular complexity index is 796. The Morgan fingerprint density at radius 1 is 1.17 bits per heavy atom. The van der Waals surface area contributed by atoms with Crippen molar-refractivity contribution in [2.75, 3.05) is 0 Å². The van der Waals surface area contributed by atoms with Gasteiger partial charge in [0.25, 0.3) is 5.91 Å². The van der Waals surface area contributed by atoms with Crippen molar-refractivity contribution in [2.45, 2.75) is 37.8 Å². The van der Waals surface area contributed by atoms with Gasteiger partial charge >= 0.3 is 6.09 Å². The fourth-order valence-corrected chi connectivity index (χ4v) is 3.29. The fraction of sp³-hybridized carbons (Fsp3) is 0.375.